The molecule has 0 saturated carbocycles. The Morgan fingerprint density at radius 2 is 1.64 bits per heavy atom. The highest BCUT2D eigenvalue weighted by Gasteiger charge is 2.17. The van der Waals surface area contributed by atoms with Crippen molar-refractivity contribution in [2.75, 3.05) is 0 Å². The van der Waals surface area contributed by atoms with Gasteiger partial charge in [-0.05, 0) is 36.1 Å². The van der Waals surface area contributed by atoms with Gasteiger partial charge in [-0.1, -0.05) is 49.4 Å². The zero-order chi connectivity index (χ0) is 20.7. The van der Waals surface area contributed by atoms with E-state index in [1.165, 1.54) is 0 Å². The van der Waals surface area contributed by atoms with E-state index in [1.54, 1.807) is 10.7 Å². The van der Waals surface area contributed by atoms with Gasteiger partial charge in [0.15, 0.2) is 0 Å². The van der Waals surface area contributed by atoms with E-state index in [0.717, 1.165) is 34.5 Å². The molecule has 0 unspecified atom stereocenters. The Bertz CT molecular complexity index is 969. The monoisotopic (exact) mass is 403 g/mol. The lowest BCUT2D eigenvalue weighted by Crippen LogP contribution is -2.09. The number of carboxylic acid groups (broad SMARTS) is 1. The van der Waals surface area contributed by atoms with Crippen LogP contribution in [0.15, 0.2) is 48.7 Å². The number of rotatable bonds is 5. The van der Waals surface area contributed by atoms with Gasteiger partial charge >= 0.3 is 14.2 Å². The molecule has 0 atom stereocenters. The lowest BCUT2D eigenvalue weighted by molar-refractivity contribution is 0.0695. The zero-order valence-corrected chi connectivity index (χ0v) is 16.5. The van der Waals surface area contributed by atoms with E-state index in [9.17, 15) is 9.90 Å². The van der Waals surface area contributed by atoms with Gasteiger partial charge in [0.2, 0.25) is 0 Å². The van der Waals surface area contributed by atoms with Crippen LogP contribution in [0, 0.1) is 0 Å². The molecule has 0 aliphatic rings. The molecule has 0 bridgehead atoms. The van der Waals surface area contributed by atoms with Crippen molar-refractivity contribution in [2.45, 2.75) is 26.7 Å². The molecule has 9 heteroatoms. The minimum absolute atomic E-state index is 0.362. The van der Waals surface area contributed by atoms with Crippen molar-refractivity contribution < 1.29 is 24.3 Å². The molecule has 28 heavy (non-hydrogen) atoms. The summed E-state index contributed by atoms with van der Waals surface area (Å²) in [5, 5.41) is 17.9. The van der Waals surface area contributed by atoms with Gasteiger partial charge in [0.05, 0.1) is 17.4 Å². The first-order valence-electron chi connectivity index (χ1n) is 8.67. The van der Waals surface area contributed by atoms with Gasteiger partial charge in [0.25, 0.3) is 0 Å². The number of hydrogen-bond donors (Lipinski definition) is 3. The molecule has 8 nitrogen and oxygen atoms in total. The SMILES string of the molecule is CCc1c(C(=O)O)ccc(-n2cc(-c3ccccc3)nn2)c1CC.O=[PH](O)O. The van der Waals surface area contributed by atoms with Crippen molar-refractivity contribution in [3.05, 3.63) is 65.4 Å². The Labute approximate surface area is 163 Å². The first-order valence-corrected chi connectivity index (χ1v) is 9.97. The highest BCUT2D eigenvalue weighted by atomic mass is 31.1. The smallest absolute Gasteiger partial charge is 0.335 e. The van der Waals surface area contributed by atoms with Crippen molar-refractivity contribution in [2.24, 2.45) is 0 Å². The maximum absolute atomic E-state index is 11.5. The van der Waals surface area contributed by atoms with Crippen LogP contribution in [0.1, 0.15) is 35.3 Å². The summed E-state index contributed by atoms with van der Waals surface area (Å²) in [5.74, 6) is -0.892. The van der Waals surface area contributed by atoms with Crippen LogP contribution in [0.5, 0.6) is 0 Å². The molecule has 3 rings (SSSR count). The van der Waals surface area contributed by atoms with Crippen molar-refractivity contribution >= 4 is 14.2 Å². The summed E-state index contributed by atoms with van der Waals surface area (Å²) < 4.78 is 10.5. The molecule has 1 heterocycles. The van der Waals surface area contributed by atoms with Crippen LogP contribution in [-0.4, -0.2) is 35.9 Å². The van der Waals surface area contributed by atoms with Crippen LogP contribution in [0.3, 0.4) is 0 Å². The van der Waals surface area contributed by atoms with Crippen molar-refractivity contribution in [1.29, 1.82) is 0 Å². The summed E-state index contributed by atoms with van der Waals surface area (Å²) in [5.41, 5.74) is 4.90. The molecule has 3 aromatic rings. The van der Waals surface area contributed by atoms with E-state index >= 15 is 0 Å². The lowest BCUT2D eigenvalue weighted by atomic mass is 9.95. The van der Waals surface area contributed by atoms with Gasteiger partial charge in [-0.15, -0.1) is 5.10 Å². The largest absolute Gasteiger partial charge is 0.478 e. The van der Waals surface area contributed by atoms with E-state index < -0.39 is 14.2 Å². The Hall–Kier alpha value is -2.80. The highest BCUT2D eigenvalue weighted by Crippen LogP contribution is 2.25. The fourth-order valence-electron chi connectivity index (χ4n) is 3.02. The fraction of sp³-hybridized carbons (Fsp3) is 0.211. The highest BCUT2D eigenvalue weighted by molar-refractivity contribution is 7.30. The Morgan fingerprint density at radius 1 is 1.04 bits per heavy atom. The first kappa shape index (κ1) is 21.5. The van der Waals surface area contributed by atoms with Crippen LogP contribution in [0.2, 0.25) is 0 Å². The second-order valence-corrected chi connectivity index (χ2v) is 6.36. The summed E-state index contributed by atoms with van der Waals surface area (Å²) >= 11 is 0. The molecule has 0 amide bonds. The van der Waals surface area contributed by atoms with Gasteiger partial charge in [-0.3, -0.25) is 4.57 Å². The third-order valence-electron chi connectivity index (χ3n) is 4.15. The molecular weight excluding hydrogens is 381 g/mol. The summed E-state index contributed by atoms with van der Waals surface area (Å²) in [6.07, 6.45) is 3.28. The molecular formula is C19H22N3O5P. The van der Waals surface area contributed by atoms with Gasteiger partial charge in [0.1, 0.15) is 5.69 Å². The maximum atomic E-state index is 11.5. The molecule has 0 aliphatic carbocycles. The molecule has 1 aromatic heterocycles. The molecule has 3 N–H and O–H groups in total. The topological polar surface area (TPSA) is 126 Å². The number of aromatic carboxylic acids is 1. The molecule has 0 spiro atoms. The third-order valence-corrected chi connectivity index (χ3v) is 4.15. The summed E-state index contributed by atoms with van der Waals surface area (Å²) in [4.78, 5) is 25.8. The second kappa shape index (κ2) is 9.94. The first-order chi connectivity index (χ1) is 13.4. The number of hydrogen-bond acceptors (Lipinski definition) is 4. The normalized spacial score (nSPS) is 10.5. The average Bonchev–Trinajstić information content (AvgIpc) is 3.16. The van der Waals surface area contributed by atoms with Crippen LogP contribution >= 0.6 is 8.25 Å². The Kier molecular flexibility index (Phi) is 7.63. The standard InChI is InChI=1S/C19H19N3O2.H3O3P/c1-3-14-15(4-2)18(11-10-16(14)19(23)24)22-12-17(20-21-22)13-8-6-5-7-9-13;1-4(2)3/h5-12H,3-4H2,1-2H3,(H,23,24);4H,(H2,1,2,3). The fourth-order valence-corrected chi connectivity index (χ4v) is 3.02. The van der Waals surface area contributed by atoms with Gasteiger partial charge in [0, 0.05) is 5.56 Å². The van der Waals surface area contributed by atoms with Crippen LogP contribution in [-0.2, 0) is 17.4 Å². The number of nitrogens with zero attached hydrogens (tertiary/aromatic N) is 3. The Balaban J connectivity index is 0.000000640. The van der Waals surface area contributed by atoms with E-state index in [1.807, 2.05) is 56.4 Å². The predicted octanol–water partition coefficient (Wildman–Crippen LogP) is 3.12. The number of benzene rings is 2. The van der Waals surface area contributed by atoms with Crippen molar-refractivity contribution in [3.63, 3.8) is 0 Å². The average molecular weight is 403 g/mol. The summed E-state index contributed by atoms with van der Waals surface area (Å²) in [7, 11) is -3.13. The maximum Gasteiger partial charge on any atom is 0.335 e. The molecule has 148 valence electrons. The number of aromatic nitrogens is 3. The molecule has 0 fully saturated rings. The van der Waals surface area contributed by atoms with Gasteiger partial charge in [-0.25, -0.2) is 9.48 Å². The van der Waals surface area contributed by atoms with Crippen LogP contribution in [0.4, 0.5) is 0 Å². The minimum atomic E-state index is -3.13. The predicted molar refractivity (Wildman–Crippen MR) is 106 cm³/mol. The van der Waals surface area contributed by atoms with E-state index in [2.05, 4.69) is 10.3 Å². The van der Waals surface area contributed by atoms with Crippen molar-refractivity contribution in [3.8, 4) is 16.9 Å². The third kappa shape index (κ3) is 5.13. The number of carboxylic acids is 1. The van der Waals surface area contributed by atoms with Crippen LogP contribution < -0.4 is 0 Å². The second-order valence-electron chi connectivity index (χ2n) is 5.80. The summed E-state index contributed by atoms with van der Waals surface area (Å²) in [6.45, 7) is 4.00. The quantitative estimate of drug-likeness (QED) is 0.559. The van der Waals surface area contributed by atoms with Gasteiger partial charge in [-0.2, -0.15) is 0 Å². The van der Waals surface area contributed by atoms with Crippen molar-refractivity contribution in [1.82, 2.24) is 15.0 Å². The Morgan fingerprint density at radius 3 is 2.18 bits per heavy atom. The zero-order valence-electron chi connectivity index (χ0n) is 15.5. The summed E-state index contributed by atoms with van der Waals surface area (Å²) in [6, 6.07) is 13.3. The van der Waals surface area contributed by atoms with E-state index in [4.69, 9.17) is 14.4 Å². The molecule has 0 radical (unpaired) electrons. The van der Waals surface area contributed by atoms with E-state index in [-0.39, 0.29) is 0 Å². The molecule has 0 aliphatic heterocycles. The van der Waals surface area contributed by atoms with Gasteiger partial charge < -0.3 is 14.9 Å². The molecule has 0 saturated heterocycles. The van der Waals surface area contributed by atoms with Crippen LogP contribution in [0.25, 0.3) is 16.9 Å². The minimum Gasteiger partial charge on any atom is -0.478 e. The molecule has 2 aromatic carbocycles. The lowest BCUT2D eigenvalue weighted by Gasteiger charge is -2.14. The van der Waals surface area contributed by atoms with E-state index in [0.29, 0.717) is 12.0 Å². The number of carbonyl (C=O) groups is 1.